The first-order valence-corrected chi connectivity index (χ1v) is 7.19. The van der Waals surface area contributed by atoms with Gasteiger partial charge < -0.3 is 5.73 Å². The minimum atomic E-state index is 0.632. The van der Waals surface area contributed by atoms with Crippen molar-refractivity contribution in [2.24, 2.45) is 5.73 Å². The second-order valence-corrected chi connectivity index (χ2v) is 5.52. The van der Waals surface area contributed by atoms with Gasteiger partial charge in [-0.3, -0.25) is 4.68 Å². The molecule has 1 heterocycles. The van der Waals surface area contributed by atoms with E-state index < -0.39 is 0 Å². The van der Waals surface area contributed by atoms with E-state index >= 15 is 0 Å². The fraction of sp³-hybridized carbons (Fsp3) is 0.786. The summed E-state index contributed by atoms with van der Waals surface area (Å²) >= 11 is 0. The van der Waals surface area contributed by atoms with Gasteiger partial charge in [0.2, 0.25) is 0 Å². The molecule has 0 unspecified atom stereocenters. The van der Waals surface area contributed by atoms with Gasteiger partial charge in [-0.05, 0) is 44.1 Å². The summed E-state index contributed by atoms with van der Waals surface area (Å²) < 4.78 is 2.30. The van der Waals surface area contributed by atoms with Crippen molar-refractivity contribution >= 4 is 0 Å². The van der Waals surface area contributed by atoms with Gasteiger partial charge in [-0.2, -0.15) is 5.10 Å². The van der Waals surface area contributed by atoms with Gasteiger partial charge in [-0.25, -0.2) is 0 Å². The molecule has 0 radical (unpaired) electrons. The molecular formula is C14H23N3. The largest absolute Gasteiger partial charge is 0.325 e. The van der Waals surface area contributed by atoms with E-state index in [2.05, 4.69) is 4.68 Å². The van der Waals surface area contributed by atoms with Crippen LogP contribution < -0.4 is 5.73 Å². The first-order chi connectivity index (χ1) is 8.40. The second kappa shape index (κ2) is 4.81. The Hall–Kier alpha value is -0.830. The van der Waals surface area contributed by atoms with Crippen LogP contribution in [-0.2, 0) is 19.4 Å². The van der Waals surface area contributed by atoms with Gasteiger partial charge in [0.15, 0.2) is 0 Å². The van der Waals surface area contributed by atoms with E-state index in [4.69, 9.17) is 10.8 Å². The van der Waals surface area contributed by atoms with Crippen molar-refractivity contribution in [3.63, 3.8) is 0 Å². The molecule has 17 heavy (non-hydrogen) atoms. The molecule has 0 atom stereocenters. The molecule has 0 amide bonds. The predicted molar refractivity (Wildman–Crippen MR) is 68.9 cm³/mol. The maximum Gasteiger partial charge on any atom is 0.0660 e. The van der Waals surface area contributed by atoms with Gasteiger partial charge in [0.1, 0.15) is 0 Å². The predicted octanol–water partition coefficient (Wildman–Crippen LogP) is 2.73. The molecule has 2 aliphatic rings. The smallest absolute Gasteiger partial charge is 0.0660 e. The number of aryl methyl sites for hydroxylation is 1. The van der Waals surface area contributed by atoms with Crippen molar-refractivity contribution in [1.29, 1.82) is 0 Å². The summed E-state index contributed by atoms with van der Waals surface area (Å²) in [6, 6.07) is 0.632. The lowest BCUT2D eigenvalue weighted by Gasteiger charge is -2.24. The van der Waals surface area contributed by atoms with Gasteiger partial charge in [-0.15, -0.1) is 0 Å². The highest BCUT2D eigenvalue weighted by molar-refractivity contribution is 5.29. The standard InChI is InChI=1S/C14H23N3/c15-10-14-12-8-4-5-9-13(12)16-17(14)11-6-2-1-3-7-11/h11H,1-10,15H2. The highest BCUT2D eigenvalue weighted by atomic mass is 15.3. The third-order valence-corrected chi connectivity index (χ3v) is 4.41. The first kappa shape index (κ1) is 11.3. The molecule has 2 N–H and O–H groups in total. The van der Waals surface area contributed by atoms with Crippen LogP contribution in [0.4, 0.5) is 0 Å². The summed E-state index contributed by atoms with van der Waals surface area (Å²) in [6.45, 7) is 0.666. The highest BCUT2D eigenvalue weighted by Gasteiger charge is 2.24. The summed E-state index contributed by atoms with van der Waals surface area (Å²) in [7, 11) is 0. The molecule has 3 heteroatoms. The molecule has 3 rings (SSSR count). The van der Waals surface area contributed by atoms with Crippen LogP contribution >= 0.6 is 0 Å². The number of fused-ring (bicyclic) bond motifs is 1. The zero-order chi connectivity index (χ0) is 11.7. The van der Waals surface area contributed by atoms with Crippen molar-refractivity contribution in [2.75, 3.05) is 0 Å². The molecule has 0 aromatic carbocycles. The third kappa shape index (κ3) is 2.01. The van der Waals surface area contributed by atoms with E-state index in [0.29, 0.717) is 12.6 Å². The molecule has 2 aliphatic carbocycles. The van der Waals surface area contributed by atoms with Crippen molar-refractivity contribution in [1.82, 2.24) is 9.78 Å². The molecule has 0 saturated heterocycles. The van der Waals surface area contributed by atoms with Crippen molar-refractivity contribution in [3.05, 3.63) is 17.0 Å². The zero-order valence-corrected chi connectivity index (χ0v) is 10.6. The van der Waals surface area contributed by atoms with E-state index in [1.54, 1.807) is 0 Å². The fourth-order valence-corrected chi connectivity index (χ4v) is 3.48. The van der Waals surface area contributed by atoms with Crippen LogP contribution in [0.3, 0.4) is 0 Å². The minimum absolute atomic E-state index is 0.632. The van der Waals surface area contributed by atoms with Crippen LogP contribution in [0.15, 0.2) is 0 Å². The molecule has 1 aromatic heterocycles. The Labute approximate surface area is 103 Å². The van der Waals surface area contributed by atoms with Crippen LogP contribution in [0.1, 0.15) is 67.9 Å². The second-order valence-electron chi connectivity index (χ2n) is 5.52. The molecule has 94 valence electrons. The average Bonchev–Trinajstić information content (AvgIpc) is 2.78. The summed E-state index contributed by atoms with van der Waals surface area (Å²) in [5.41, 5.74) is 10.1. The lowest BCUT2D eigenvalue weighted by molar-refractivity contribution is 0.321. The molecule has 0 bridgehead atoms. The Kier molecular flexibility index (Phi) is 3.19. The summed E-state index contributed by atoms with van der Waals surface area (Å²) in [5, 5.41) is 4.88. The summed E-state index contributed by atoms with van der Waals surface area (Å²) in [4.78, 5) is 0. The van der Waals surface area contributed by atoms with Crippen LogP contribution in [0.25, 0.3) is 0 Å². The lowest BCUT2D eigenvalue weighted by atomic mass is 9.94. The Morgan fingerprint density at radius 3 is 2.59 bits per heavy atom. The van der Waals surface area contributed by atoms with Gasteiger partial charge in [0, 0.05) is 6.54 Å². The van der Waals surface area contributed by atoms with Crippen LogP contribution in [0.5, 0.6) is 0 Å². The van der Waals surface area contributed by atoms with Crippen LogP contribution in [0, 0.1) is 0 Å². The van der Waals surface area contributed by atoms with E-state index in [-0.39, 0.29) is 0 Å². The van der Waals surface area contributed by atoms with Gasteiger partial charge in [0.05, 0.1) is 17.4 Å². The number of aromatic nitrogens is 2. The molecular weight excluding hydrogens is 210 g/mol. The van der Waals surface area contributed by atoms with Gasteiger partial charge in [-0.1, -0.05) is 19.3 Å². The quantitative estimate of drug-likeness (QED) is 0.853. The Morgan fingerprint density at radius 2 is 1.82 bits per heavy atom. The lowest BCUT2D eigenvalue weighted by Crippen LogP contribution is -2.18. The highest BCUT2D eigenvalue weighted by Crippen LogP contribution is 2.32. The first-order valence-electron chi connectivity index (χ1n) is 7.19. The number of hydrogen-bond donors (Lipinski definition) is 1. The third-order valence-electron chi connectivity index (χ3n) is 4.41. The number of nitrogens with zero attached hydrogens (tertiary/aromatic N) is 2. The summed E-state index contributed by atoms with van der Waals surface area (Å²) in [6.07, 6.45) is 11.7. The maximum absolute atomic E-state index is 5.96. The molecule has 1 fully saturated rings. The van der Waals surface area contributed by atoms with Gasteiger partial charge >= 0.3 is 0 Å². The van der Waals surface area contributed by atoms with E-state index in [9.17, 15) is 0 Å². The molecule has 1 saturated carbocycles. The van der Waals surface area contributed by atoms with Crippen molar-refractivity contribution < 1.29 is 0 Å². The van der Waals surface area contributed by atoms with Crippen LogP contribution in [-0.4, -0.2) is 9.78 Å². The van der Waals surface area contributed by atoms with E-state index in [1.807, 2.05) is 0 Å². The number of nitrogens with two attached hydrogens (primary N) is 1. The summed E-state index contributed by atoms with van der Waals surface area (Å²) in [5.74, 6) is 0. The number of hydrogen-bond acceptors (Lipinski definition) is 2. The number of rotatable bonds is 2. The van der Waals surface area contributed by atoms with Gasteiger partial charge in [0.25, 0.3) is 0 Å². The van der Waals surface area contributed by atoms with Crippen molar-refractivity contribution in [3.8, 4) is 0 Å². The molecule has 0 spiro atoms. The normalized spacial score (nSPS) is 21.5. The molecule has 0 aliphatic heterocycles. The minimum Gasteiger partial charge on any atom is -0.325 e. The Bertz CT molecular complexity index is 388. The molecule has 3 nitrogen and oxygen atoms in total. The average molecular weight is 233 g/mol. The Balaban J connectivity index is 1.94. The monoisotopic (exact) mass is 233 g/mol. The molecule has 1 aromatic rings. The SMILES string of the molecule is NCc1c2c(nn1C1CCCCC1)CCCC2. The fourth-order valence-electron chi connectivity index (χ4n) is 3.48. The maximum atomic E-state index is 5.96. The van der Waals surface area contributed by atoms with E-state index in [1.165, 1.54) is 74.7 Å². The van der Waals surface area contributed by atoms with Crippen LogP contribution in [0.2, 0.25) is 0 Å². The van der Waals surface area contributed by atoms with Crippen molar-refractivity contribution in [2.45, 2.75) is 70.4 Å². The zero-order valence-electron chi connectivity index (χ0n) is 10.6. The Morgan fingerprint density at radius 1 is 1.06 bits per heavy atom. The topological polar surface area (TPSA) is 43.8 Å². The van der Waals surface area contributed by atoms with E-state index in [0.717, 1.165) is 0 Å².